The van der Waals surface area contributed by atoms with E-state index in [9.17, 15) is 19.7 Å². The number of ether oxygens (including phenoxy) is 1. The van der Waals surface area contributed by atoms with Gasteiger partial charge in [-0.25, -0.2) is 0 Å². The van der Waals surface area contributed by atoms with E-state index in [-0.39, 0.29) is 28.5 Å². The summed E-state index contributed by atoms with van der Waals surface area (Å²) in [4.78, 5) is 37.8. The van der Waals surface area contributed by atoms with Gasteiger partial charge in [0.05, 0.1) is 35.3 Å². The van der Waals surface area contributed by atoms with Crippen molar-refractivity contribution in [3.8, 4) is 22.6 Å². The zero-order chi connectivity index (χ0) is 29.8. The summed E-state index contributed by atoms with van der Waals surface area (Å²) in [6.07, 6.45) is 4.30. The van der Waals surface area contributed by atoms with Crippen LogP contribution in [0.2, 0.25) is 5.02 Å². The fraction of sp³-hybridized carbons (Fsp3) is 0.0357. The van der Waals surface area contributed by atoms with Crippen molar-refractivity contribution in [2.75, 3.05) is 18.2 Å². The molecule has 0 atom stereocenters. The molecule has 3 N–H and O–H groups in total. The van der Waals surface area contributed by atoms with Gasteiger partial charge in [0.15, 0.2) is 0 Å². The minimum absolute atomic E-state index is 0.0204. The fourth-order valence-corrected chi connectivity index (χ4v) is 4.36. The second kappa shape index (κ2) is 11.7. The van der Waals surface area contributed by atoms with Gasteiger partial charge in [0.2, 0.25) is 0 Å². The quantitative estimate of drug-likeness (QED) is 0.117. The Hall–Kier alpha value is -5.82. The lowest BCUT2D eigenvalue weighted by Crippen LogP contribution is -2.26. The smallest absolute Gasteiger partial charge is 0.272 e. The number of hydrogen-bond acceptors (Lipinski definition) is 9. The molecule has 210 valence electrons. The Labute approximate surface area is 242 Å². The Kier molecular flexibility index (Phi) is 7.75. The van der Waals surface area contributed by atoms with Gasteiger partial charge in [-0.05, 0) is 46.3 Å². The predicted octanol–water partition coefficient (Wildman–Crippen LogP) is 4.28. The van der Waals surface area contributed by atoms with Crippen LogP contribution in [0.15, 0.2) is 90.1 Å². The van der Waals surface area contributed by atoms with Crippen LogP contribution in [0, 0.1) is 10.1 Å². The minimum Gasteiger partial charge on any atom is -0.495 e. The maximum absolute atomic E-state index is 13.6. The van der Waals surface area contributed by atoms with E-state index in [0.717, 1.165) is 10.6 Å². The molecule has 0 aliphatic heterocycles. The van der Waals surface area contributed by atoms with Crippen LogP contribution in [0.4, 0.5) is 17.1 Å². The van der Waals surface area contributed by atoms with Gasteiger partial charge < -0.3 is 15.8 Å². The van der Waals surface area contributed by atoms with Gasteiger partial charge >= 0.3 is 0 Å². The average molecular weight is 585 g/mol. The highest BCUT2D eigenvalue weighted by Gasteiger charge is 2.21. The number of nitrogen functional groups attached to an aromatic ring is 1. The summed E-state index contributed by atoms with van der Waals surface area (Å²) in [5.74, 6) is -0.457. The molecule has 2 heterocycles. The molecule has 0 aliphatic rings. The van der Waals surface area contributed by atoms with Crippen LogP contribution >= 0.6 is 11.6 Å². The number of aromatic nitrogens is 5. The molecular formula is C28H21ClN8O5. The van der Waals surface area contributed by atoms with Gasteiger partial charge in [0.25, 0.3) is 17.2 Å². The summed E-state index contributed by atoms with van der Waals surface area (Å²) >= 11 is 6.30. The van der Waals surface area contributed by atoms with Crippen molar-refractivity contribution in [3.05, 3.63) is 116 Å². The lowest BCUT2D eigenvalue weighted by Gasteiger charge is -2.17. The molecule has 5 aromatic rings. The molecule has 0 spiro atoms. The molecular weight excluding hydrogens is 564 g/mol. The molecule has 0 saturated carbocycles. The van der Waals surface area contributed by atoms with E-state index >= 15 is 0 Å². The molecule has 14 heteroatoms. The monoisotopic (exact) mass is 584 g/mol. The lowest BCUT2D eigenvalue weighted by molar-refractivity contribution is -0.384. The number of carbonyl (C=O) groups is 1. The van der Waals surface area contributed by atoms with Gasteiger partial charge in [0.1, 0.15) is 17.8 Å². The van der Waals surface area contributed by atoms with Gasteiger partial charge in [-0.2, -0.15) is 4.68 Å². The van der Waals surface area contributed by atoms with Crippen molar-refractivity contribution in [1.29, 1.82) is 0 Å². The molecule has 42 heavy (non-hydrogen) atoms. The highest BCUT2D eigenvalue weighted by Crippen LogP contribution is 2.35. The zero-order valence-electron chi connectivity index (χ0n) is 21.8. The molecule has 0 bridgehead atoms. The van der Waals surface area contributed by atoms with E-state index in [4.69, 9.17) is 22.1 Å². The number of nitrogens with two attached hydrogens (primary N) is 1. The Morgan fingerprint density at radius 1 is 1.10 bits per heavy atom. The van der Waals surface area contributed by atoms with Gasteiger partial charge in [-0.1, -0.05) is 41.9 Å². The number of amides is 1. The summed E-state index contributed by atoms with van der Waals surface area (Å²) in [5.41, 5.74) is 7.26. The molecule has 0 radical (unpaired) electrons. The first-order valence-electron chi connectivity index (χ1n) is 12.2. The van der Waals surface area contributed by atoms with Crippen molar-refractivity contribution >= 4 is 46.3 Å². The normalized spacial score (nSPS) is 11.2. The van der Waals surface area contributed by atoms with E-state index in [1.54, 1.807) is 42.5 Å². The van der Waals surface area contributed by atoms with Gasteiger partial charge in [0, 0.05) is 34.3 Å². The van der Waals surface area contributed by atoms with Crippen LogP contribution in [0.5, 0.6) is 5.75 Å². The van der Waals surface area contributed by atoms with E-state index in [1.807, 2.05) is 6.07 Å². The number of nitro groups is 1. The summed E-state index contributed by atoms with van der Waals surface area (Å²) in [6, 6.07) is 18.9. The number of nitro benzene ring substituents is 1. The summed E-state index contributed by atoms with van der Waals surface area (Å²) in [5, 5.41) is 25.4. The molecule has 0 unspecified atom stereocenters. The number of pyridine rings is 1. The Bertz CT molecular complexity index is 1890. The van der Waals surface area contributed by atoms with Crippen molar-refractivity contribution in [2.24, 2.45) is 0 Å². The first-order chi connectivity index (χ1) is 20.2. The Morgan fingerprint density at radius 2 is 1.88 bits per heavy atom. The van der Waals surface area contributed by atoms with E-state index in [0.29, 0.717) is 27.4 Å². The molecule has 3 aromatic carbocycles. The third-order valence-corrected chi connectivity index (χ3v) is 6.41. The third-order valence-electron chi connectivity index (χ3n) is 6.17. The number of non-ortho nitro benzene ring substituents is 1. The number of halogens is 1. The fourth-order valence-electron chi connectivity index (χ4n) is 4.19. The SMILES string of the molecule is COc1cn(C(=Cc2ccccc2)C(=O)Nc2ccc([N+](=O)[O-])cc2N)c(=O)cc1-c1cc(Cl)ccc1-n1cnnn1. The number of nitrogens with zero attached hydrogens (tertiary/aromatic N) is 6. The predicted molar refractivity (Wildman–Crippen MR) is 157 cm³/mol. The number of methoxy groups -OCH3 is 1. The summed E-state index contributed by atoms with van der Waals surface area (Å²) in [7, 11) is 1.42. The molecule has 1 amide bonds. The van der Waals surface area contributed by atoms with Crippen molar-refractivity contribution < 1.29 is 14.5 Å². The van der Waals surface area contributed by atoms with E-state index in [2.05, 4.69) is 20.8 Å². The molecule has 2 aromatic heterocycles. The number of carbonyl (C=O) groups excluding carboxylic acids is 1. The topological polar surface area (TPSA) is 173 Å². The van der Waals surface area contributed by atoms with Crippen LogP contribution in [-0.4, -0.2) is 42.7 Å². The molecule has 5 rings (SSSR count). The zero-order valence-corrected chi connectivity index (χ0v) is 22.6. The highest BCUT2D eigenvalue weighted by atomic mass is 35.5. The molecule has 0 fully saturated rings. The van der Waals surface area contributed by atoms with E-state index in [1.165, 1.54) is 48.6 Å². The number of benzene rings is 3. The lowest BCUT2D eigenvalue weighted by atomic mass is 10.0. The first-order valence-corrected chi connectivity index (χ1v) is 12.6. The minimum atomic E-state index is -0.701. The van der Waals surface area contributed by atoms with Crippen LogP contribution in [0.3, 0.4) is 0 Å². The summed E-state index contributed by atoms with van der Waals surface area (Å²) < 4.78 is 8.20. The van der Waals surface area contributed by atoms with Crippen LogP contribution < -0.4 is 21.3 Å². The van der Waals surface area contributed by atoms with Crippen molar-refractivity contribution in [3.63, 3.8) is 0 Å². The third kappa shape index (κ3) is 5.71. The number of rotatable bonds is 8. The second-order valence-corrected chi connectivity index (χ2v) is 9.24. The van der Waals surface area contributed by atoms with Crippen molar-refractivity contribution in [2.45, 2.75) is 0 Å². The maximum Gasteiger partial charge on any atom is 0.272 e. The highest BCUT2D eigenvalue weighted by molar-refractivity contribution is 6.31. The number of hydrogen-bond donors (Lipinski definition) is 2. The van der Waals surface area contributed by atoms with Crippen molar-refractivity contribution in [1.82, 2.24) is 24.8 Å². The van der Waals surface area contributed by atoms with Crippen LogP contribution in [-0.2, 0) is 4.79 Å². The first kappa shape index (κ1) is 27.7. The second-order valence-electron chi connectivity index (χ2n) is 8.80. The van der Waals surface area contributed by atoms with Gasteiger partial charge in [-0.15, -0.1) is 5.10 Å². The standard InChI is InChI=1S/C28H21ClN8O5/c1-42-26-15-35(27(38)14-21(26)20-12-18(29)7-10-24(20)36-16-31-33-34-36)25(11-17-5-3-2-4-6-17)28(39)32-23-9-8-19(37(40)41)13-22(23)30/h2-16H,30H2,1H3,(H,32,39). The Morgan fingerprint density at radius 3 is 2.55 bits per heavy atom. The largest absolute Gasteiger partial charge is 0.495 e. The number of tetrazole rings is 1. The van der Waals surface area contributed by atoms with Crippen LogP contribution in [0.25, 0.3) is 28.6 Å². The maximum atomic E-state index is 13.6. The van der Waals surface area contributed by atoms with E-state index < -0.39 is 16.4 Å². The number of anilines is 2. The molecule has 13 nitrogen and oxygen atoms in total. The number of nitrogens with one attached hydrogen (secondary N) is 1. The Balaban J connectivity index is 1.63. The van der Waals surface area contributed by atoms with Gasteiger partial charge in [-0.3, -0.25) is 24.3 Å². The average Bonchev–Trinajstić information content (AvgIpc) is 3.52. The molecule has 0 aliphatic carbocycles. The molecule has 0 saturated heterocycles. The summed E-state index contributed by atoms with van der Waals surface area (Å²) in [6.45, 7) is 0. The van der Waals surface area contributed by atoms with Crippen LogP contribution in [0.1, 0.15) is 5.56 Å².